The predicted octanol–water partition coefficient (Wildman–Crippen LogP) is 0.882. The number of sulfonamides is 1. The number of piperidine rings is 1. The number of carbonyl (C=O) groups excluding carboxylic acids is 1. The number of nitrogens with one attached hydrogen (secondary N) is 2. The van der Waals surface area contributed by atoms with Crippen LogP contribution in [0.5, 0.6) is 0 Å². The van der Waals surface area contributed by atoms with Gasteiger partial charge in [-0.15, -0.1) is 0 Å². The summed E-state index contributed by atoms with van der Waals surface area (Å²) in [5, 5.41) is 3.02. The van der Waals surface area contributed by atoms with Crippen molar-refractivity contribution in [1.29, 1.82) is 0 Å². The van der Waals surface area contributed by atoms with Gasteiger partial charge < -0.3 is 10.2 Å². The number of nitrogens with zero attached hydrogens (tertiary/aromatic N) is 1. The summed E-state index contributed by atoms with van der Waals surface area (Å²) in [7, 11) is -1.40. The lowest BCUT2D eigenvalue weighted by Gasteiger charge is -2.32. The summed E-state index contributed by atoms with van der Waals surface area (Å²) in [5.74, 6) is -0.0160. The highest BCUT2D eigenvalue weighted by atomic mass is 32.2. The van der Waals surface area contributed by atoms with Crippen LogP contribution in [-0.2, 0) is 10.0 Å². The molecule has 2 rings (SSSR count). The van der Waals surface area contributed by atoms with E-state index < -0.39 is 10.0 Å². The zero-order chi connectivity index (χ0) is 15.5. The standard InChI is InChI=1S/C14H21N3O3S/c1-15-13-6-4-3-5-12(13)14(18)17-9-7-11(8-10-17)16-21(2,19)20/h3-6,11,15-16H,7-10H2,1-2H3. The molecule has 1 aliphatic rings. The van der Waals surface area contributed by atoms with Gasteiger partial charge in [0.2, 0.25) is 10.0 Å². The van der Waals surface area contributed by atoms with E-state index in [4.69, 9.17) is 0 Å². The Morgan fingerprint density at radius 3 is 2.43 bits per heavy atom. The van der Waals surface area contributed by atoms with Crippen molar-refractivity contribution in [3.63, 3.8) is 0 Å². The third-order valence-corrected chi connectivity index (χ3v) is 4.35. The molecule has 1 fully saturated rings. The molecular formula is C14H21N3O3S. The number of likely N-dealkylation sites (tertiary alicyclic amines) is 1. The molecule has 0 atom stereocenters. The lowest BCUT2D eigenvalue weighted by atomic mass is 10.0. The first kappa shape index (κ1) is 15.8. The lowest BCUT2D eigenvalue weighted by Crippen LogP contribution is -2.46. The second-order valence-corrected chi connectivity index (χ2v) is 7.03. The molecule has 1 amide bonds. The van der Waals surface area contributed by atoms with E-state index >= 15 is 0 Å². The molecule has 0 radical (unpaired) electrons. The van der Waals surface area contributed by atoms with Crippen LogP contribution >= 0.6 is 0 Å². The molecule has 0 spiro atoms. The molecule has 7 heteroatoms. The topological polar surface area (TPSA) is 78.5 Å². The fraction of sp³-hybridized carbons (Fsp3) is 0.500. The van der Waals surface area contributed by atoms with Gasteiger partial charge in [-0.2, -0.15) is 0 Å². The lowest BCUT2D eigenvalue weighted by molar-refractivity contribution is 0.0712. The average molecular weight is 311 g/mol. The minimum atomic E-state index is -3.19. The van der Waals surface area contributed by atoms with Crippen LogP contribution in [0.4, 0.5) is 5.69 Å². The van der Waals surface area contributed by atoms with Gasteiger partial charge in [0.15, 0.2) is 0 Å². The maximum absolute atomic E-state index is 12.5. The van der Waals surface area contributed by atoms with E-state index in [0.717, 1.165) is 11.9 Å². The van der Waals surface area contributed by atoms with Crippen LogP contribution in [0.3, 0.4) is 0 Å². The van der Waals surface area contributed by atoms with Gasteiger partial charge in [0.05, 0.1) is 11.8 Å². The van der Waals surface area contributed by atoms with Gasteiger partial charge in [-0.3, -0.25) is 4.79 Å². The Labute approximate surface area is 125 Å². The number of benzene rings is 1. The molecule has 0 saturated carbocycles. The van der Waals surface area contributed by atoms with Crippen molar-refractivity contribution in [3.8, 4) is 0 Å². The van der Waals surface area contributed by atoms with Crippen molar-refractivity contribution in [2.24, 2.45) is 0 Å². The van der Waals surface area contributed by atoms with E-state index in [9.17, 15) is 13.2 Å². The zero-order valence-corrected chi connectivity index (χ0v) is 13.1. The third kappa shape index (κ3) is 4.18. The van der Waals surface area contributed by atoms with Gasteiger partial charge in [-0.05, 0) is 25.0 Å². The minimum absolute atomic E-state index is 0.0160. The van der Waals surface area contributed by atoms with Crippen molar-refractivity contribution >= 4 is 21.6 Å². The second kappa shape index (κ2) is 6.44. The first-order chi connectivity index (χ1) is 9.90. The van der Waals surface area contributed by atoms with Crippen LogP contribution in [0.25, 0.3) is 0 Å². The van der Waals surface area contributed by atoms with Crippen LogP contribution in [0.2, 0.25) is 0 Å². The fourth-order valence-corrected chi connectivity index (χ4v) is 3.40. The molecule has 1 saturated heterocycles. The van der Waals surface area contributed by atoms with Gasteiger partial charge in [0.1, 0.15) is 0 Å². The summed E-state index contributed by atoms with van der Waals surface area (Å²) < 4.78 is 25.0. The summed E-state index contributed by atoms with van der Waals surface area (Å²) in [4.78, 5) is 14.3. The monoisotopic (exact) mass is 311 g/mol. The summed E-state index contributed by atoms with van der Waals surface area (Å²) in [6.45, 7) is 1.12. The number of carbonyl (C=O) groups is 1. The van der Waals surface area contributed by atoms with Gasteiger partial charge in [-0.1, -0.05) is 12.1 Å². The quantitative estimate of drug-likeness (QED) is 0.865. The molecule has 0 unspecified atom stereocenters. The van der Waals surface area contributed by atoms with Crippen molar-refractivity contribution in [2.75, 3.05) is 31.7 Å². The number of rotatable bonds is 4. The van der Waals surface area contributed by atoms with E-state index in [1.165, 1.54) is 0 Å². The van der Waals surface area contributed by atoms with Crippen molar-refractivity contribution in [1.82, 2.24) is 9.62 Å². The molecular weight excluding hydrogens is 290 g/mol. The number of amides is 1. The molecule has 1 aromatic carbocycles. The smallest absolute Gasteiger partial charge is 0.255 e. The van der Waals surface area contributed by atoms with Crippen LogP contribution < -0.4 is 10.0 Å². The average Bonchev–Trinajstić information content (AvgIpc) is 2.45. The molecule has 0 bridgehead atoms. The van der Waals surface area contributed by atoms with E-state index in [0.29, 0.717) is 31.5 Å². The van der Waals surface area contributed by atoms with Crippen molar-refractivity contribution in [3.05, 3.63) is 29.8 Å². The molecule has 0 aliphatic carbocycles. The summed E-state index contributed by atoms with van der Waals surface area (Å²) in [6.07, 6.45) is 2.44. The highest BCUT2D eigenvalue weighted by Gasteiger charge is 2.26. The highest BCUT2D eigenvalue weighted by Crippen LogP contribution is 2.19. The summed E-state index contributed by atoms with van der Waals surface area (Å²) in [5.41, 5.74) is 1.45. The molecule has 1 aliphatic heterocycles. The Kier molecular flexibility index (Phi) is 4.84. The molecule has 2 N–H and O–H groups in total. The van der Waals surface area contributed by atoms with Crippen molar-refractivity contribution < 1.29 is 13.2 Å². The van der Waals surface area contributed by atoms with E-state index in [1.54, 1.807) is 18.0 Å². The van der Waals surface area contributed by atoms with Gasteiger partial charge >= 0.3 is 0 Å². The molecule has 116 valence electrons. The third-order valence-electron chi connectivity index (χ3n) is 3.59. The number of hydrogen-bond donors (Lipinski definition) is 2. The minimum Gasteiger partial charge on any atom is -0.387 e. The van der Waals surface area contributed by atoms with Crippen molar-refractivity contribution in [2.45, 2.75) is 18.9 Å². The van der Waals surface area contributed by atoms with Crippen LogP contribution in [0.15, 0.2) is 24.3 Å². The van der Waals surface area contributed by atoms with Gasteiger partial charge in [0, 0.05) is 31.9 Å². The number of para-hydroxylation sites is 1. The summed E-state index contributed by atoms with van der Waals surface area (Å²) >= 11 is 0. The SMILES string of the molecule is CNc1ccccc1C(=O)N1CCC(NS(C)(=O)=O)CC1. The Bertz CT molecular complexity index is 608. The molecule has 6 nitrogen and oxygen atoms in total. The van der Waals surface area contributed by atoms with E-state index in [-0.39, 0.29) is 11.9 Å². The maximum Gasteiger partial charge on any atom is 0.255 e. The fourth-order valence-electron chi connectivity index (χ4n) is 2.56. The number of anilines is 1. The Balaban J connectivity index is 2.00. The Morgan fingerprint density at radius 1 is 1.24 bits per heavy atom. The van der Waals surface area contributed by atoms with Gasteiger partial charge in [0.25, 0.3) is 5.91 Å². The van der Waals surface area contributed by atoms with Crippen LogP contribution in [-0.4, -0.2) is 51.7 Å². The highest BCUT2D eigenvalue weighted by molar-refractivity contribution is 7.88. The molecule has 0 aromatic heterocycles. The molecule has 1 heterocycles. The first-order valence-electron chi connectivity index (χ1n) is 6.94. The van der Waals surface area contributed by atoms with Gasteiger partial charge in [-0.25, -0.2) is 13.1 Å². The molecule has 1 aromatic rings. The number of hydrogen-bond acceptors (Lipinski definition) is 4. The second-order valence-electron chi connectivity index (χ2n) is 5.25. The normalized spacial score (nSPS) is 16.8. The predicted molar refractivity (Wildman–Crippen MR) is 82.9 cm³/mol. The maximum atomic E-state index is 12.5. The molecule has 21 heavy (non-hydrogen) atoms. The summed E-state index contributed by atoms with van der Waals surface area (Å²) in [6, 6.07) is 7.31. The largest absolute Gasteiger partial charge is 0.387 e. The Morgan fingerprint density at radius 2 is 1.86 bits per heavy atom. The Hall–Kier alpha value is -1.60. The van der Waals surface area contributed by atoms with E-state index in [1.807, 2.05) is 18.2 Å². The zero-order valence-electron chi connectivity index (χ0n) is 12.3. The van der Waals surface area contributed by atoms with Crippen LogP contribution in [0.1, 0.15) is 23.2 Å². The van der Waals surface area contributed by atoms with E-state index in [2.05, 4.69) is 10.0 Å². The first-order valence-corrected chi connectivity index (χ1v) is 8.83. The van der Waals surface area contributed by atoms with Crippen LogP contribution in [0, 0.1) is 0 Å².